The zero-order valence-corrected chi connectivity index (χ0v) is 7.16. The van der Waals surface area contributed by atoms with Gasteiger partial charge in [-0.3, -0.25) is 4.79 Å². The van der Waals surface area contributed by atoms with E-state index in [1.54, 1.807) is 0 Å². The first-order chi connectivity index (χ1) is 5.57. The summed E-state index contributed by atoms with van der Waals surface area (Å²) in [7, 11) is 1.33. The number of carboxylic acid groups (broad SMARTS) is 1. The third-order valence-electron chi connectivity index (χ3n) is 1.34. The van der Waals surface area contributed by atoms with Crippen molar-refractivity contribution in [2.75, 3.05) is 13.7 Å². The first-order valence-corrected chi connectivity index (χ1v) is 3.58. The Morgan fingerprint density at radius 3 is 2.50 bits per heavy atom. The van der Waals surface area contributed by atoms with Gasteiger partial charge in [-0.2, -0.15) is 0 Å². The second-order valence-electron chi connectivity index (χ2n) is 2.33. The molecule has 5 heteroatoms. The van der Waals surface area contributed by atoms with Crippen LogP contribution in [-0.4, -0.2) is 36.7 Å². The molecule has 0 heterocycles. The molecule has 0 aromatic heterocycles. The number of carbonyl (C=O) groups is 2. The van der Waals surface area contributed by atoms with Crippen LogP contribution < -0.4 is 5.32 Å². The van der Waals surface area contributed by atoms with Gasteiger partial charge in [-0.05, 0) is 0 Å². The fourth-order valence-electron chi connectivity index (χ4n) is 0.721. The van der Waals surface area contributed by atoms with Crippen LogP contribution in [0.5, 0.6) is 0 Å². The van der Waals surface area contributed by atoms with Gasteiger partial charge in [-0.25, -0.2) is 4.79 Å². The monoisotopic (exact) mass is 175 g/mol. The Kier molecular flexibility index (Phi) is 5.03. The molecule has 0 saturated carbocycles. The number of ether oxygens (including phenoxy) is 1. The number of carboxylic acids is 1. The molecule has 1 atom stereocenters. The molecule has 0 bridgehead atoms. The van der Waals surface area contributed by atoms with Gasteiger partial charge in [0.05, 0.1) is 0 Å². The van der Waals surface area contributed by atoms with Crippen molar-refractivity contribution in [3.8, 4) is 0 Å². The Morgan fingerprint density at radius 2 is 2.17 bits per heavy atom. The van der Waals surface area contributed by atoms with E-state index >= 15 is 0 Å². The zero-order valence-electron chi connectivity index (χ0n) is 7.16. The van der Waals surface area contributed by atoms with Crippen LogP contribution in [0, 0.1) is 0 Å². The van der Waals surface area contributed by atoms with E-state index in [1.165, 1.54) is 14.0 Å². The van der Waals surface area contributed by atoms with Crippen molar-refractivity contribution in [2.24, 2.45) is 0 Å². The fraction of sp³-hybridized carbons (Fsp3) is 0.714. The summed E-state index contributed by atoms with van der Waals surface area (Å²) < 4.78 is 4.64. The van der Waals surface area contributed by atoms with Gasteiger partial charge in [0, 0.05) is 27.0 Å². The van der Waals surface area contributed by atoms with Gasteiger partial charge in [0.15, 0.2) is 6.10 Å². The van der Waals surface area contributed by atoms with E-state index in [4.69, 9.17) is 5.11 Å². The number of methoxy groups -OCH3 is 1. The molecule has 0 aromatic rings. The van der Waals surface area contributed by atoms with Crippen LogP contribution in [0.2, 0.25) is 0 Å². The van der Waals surface area contributed by atoms with Gasteiger partial charge in [0.2, 0.25) is 5.91 Å². The van der Waals surface area contributed by atoms with Gasteiger partial charge in [-0.15, -0.1) is 0 Å². The third kappa shape index (κ3) is 4.68. The van der Waals surface area contributed by atoms with E-state index in [0.29, 0.717) is 6.54 Å². The van der Waals surface area contributed by atoms with Crippen LogP contribution in [0.25, 0.3) is 0 Å². The molecule has 0 aliphatic heterocycles. The molecule has 2 N–H and O–H groups in total. The predicted octanol–water partition coefficient (Wildman–Crippen LogP) is -0.388. The Balaban J connectivity index is 3.59. The lowest BCUT2D eigenvalue weighted by atomic mass is 10.2. The van der Waals surface area contributed by atoms with E-state index < -0.39 is 12.1 Å². The maximum atomic E-state index is 10.4. The van der Waals surface area contributed by atoms with Crippen LogP contribution in [0.3, 0.4) is 0 Å². The molecule has 0 aliphatic carbocycles. The molecule has 0 rings (SSSR count). The van der Waals surface area contributed by atoms with Gasteiger partial charge < -0.3 is 15.2 Å². The number of rotatable bonds is 5. The molecule has 0 aliphatic rings. The van der Waals surface area contributed by atoms with Crippen molar-refractivity contribution in [2.45, 2.75) is 19.4 Å². The summed E-state index contributed by atoms with van der Waals surface area (Å²) in [5, 5.41) is 11.0. The lowest BCUT2D eigenvalue weighted by Gasteiger charge is -2.09. The Labute approximate surface area is 70.7 Å². The molecule has 0 radical (unpaired) electrons. The van der Waals surface area contributed by atoms with Crippen molar-refractivity contribution in [1.29, 1.82) is 0 Å². The Hall–Kier alpha value is -1.10. The smallest absolute Gasteiger partial charge is 0.332 e. The predicted molar refractivity (Wildman–Crippen MR) is 41.7 cm³/mol. The SMILES string of the molecule is CO[C@H](CCNC(C)=O)C(=O)O. The summed E-state index contributed by atoms with van der Waals surface area (Å²) in [6.07, 6.45) is -0.553. The highest BCUT2D eigenvalue weighted by Gasteiger charge is 2.15. The van der Waals surface area contributed by atoms with E-state index in [-0.39, 0.29) is 12.3 Å². The first kappa shape index (κ1) is 10.9. The molecule has 12 heavy (non-hydrogen) atoms. The van der Waals surface area contributed by atoms with E-state index in [2.05, 4.69) is 10.1 Å². The highest BCUT2D eigenvalue weighted by atomic mass is 16.5. The van der Waals surface area contributed by atoms with Crippen LogP contribution in [0.1, 0.15) is 13.3 Å². The number of hydrogen-bond acceptors (Lipinski definition) is 3. The summed E-state index contributed by atoms with van der Waals surface area (Å²) in [6, 6.07) is 0. The zero-order chi connectivity index (χ0) is 9.56. The molecule has 0 spiro atoms. The molecular formula is C7H13NO4. The minimum atomic E-state index is -1.01. The standard InChI is InChI=1S/C7H13NO4/c1-5(9)8-4-3-6(12-2)7(10)11/h6H,3-4H2,1-2H3,(H,8,9)(H,10,11)/t6-/m1/s1. The van der Waals surface area contributed by atoms with E-state index in [1.807, 2.05) is 0 Å². The maximum absolute atomic E-state index is 10.4. The van der Waals surface area contributed by atoms with Crippen LogP contribution in [0.4, 0.5) is 0 Å². The summed E-state index contributed by atoms with van der Waals surface area (Å²) in [5.41, 5.74) is 0. The molecule has 1 amide bonds. The summed E-state index contributed by atoms with van der Waals surface area (Å²) in [6.45, 7) is 1.70. The summed E-state index contributed by atoms with van der Waals surface area (Å²) in [5.74, 6) is -1.18. The molecule has 0 unspecified atom stereocenters. The average molecular weight is 175 g/mol. The summed E-state index contributed by atoms with van der Waals surface area (Å²) >= 11 is 0. The number of hydrogen-bond donors (Lipinski definition) is 2. The highest BCUT2D eigenvalue weighted by Crippen LogP contribution is 1.95. The van der Waals surface area contributed by atoms with E-state index in [0.717, 1.165) is 0 Å². The highest BCUT2D eigenvalue weighted by molar-refractivity contribution is 5.73. The van der Waals surface area contributed by atoms with Crippen molar-refractivity contribution in [3.05, 3.63) is 0 Å². The van der Waals surface area contributed by atoms with Crippen LogP contribution >= 0.6 is 0 Å². The van der Waals surface area contributed by atoms with Gasteiger partial charge in [0.25, 0.3) is 0 Å². The summed E-state index contributed by atoms with van der Waals surface area (Å²) in [4.78, 5) is 20.8. The fourth-order valence-corrected chi connectivity index (χ4v) is 0.721. The maximum Gasteiger partial charge on any atom is 0.332 e. The van der Waals surface area contributed by atoms with Gasteiger partial charge >= 0.3 is 5.97 Å². The number of nitrogens with one attached hydrogen (secondary N) is 1. The Bertz CT molecular complexity index is 169. The molecule has 70 valence electrons. The van der Waals surface area contributed by atoms with Gasteiger partial charge in [0.1, 0.15) is 0 Å². The molecule has 0 aromatic carbocycles. The molecular weight excluding hydrogens is 162 g/mol. The van der Waals surface area contributed by atoms with Crippen molar-refractivity contribution < 1.29 is 19.4 Å². The largest absolute Gasteiger partial charge is 0.479 e. The number of carbonyl (C=O) groups excluding carboxylic acids is 1. The van der Waals surface area contributed by atoms with Crippen molar-refractivity contribution >= 4 is 11.9 Å². The van der Waals surface area contributed by atoms with Crippen molar-refractivity contribution in [3.63, 3.8) is 0 Å². The minimum absolute atomic E-state index is 0.171. The first-order valence-electron chi connectivity index (χ1n) is 3.58. The van der Waals surface area contributed by atoms with E-state index in [9.17, 15) is 9.59 Å². The number of amides is 1. The second-order valence-corrected chi connectivity index (χ2v) is 2.33. The molecule has 0 fully saturated rings. The molecule has 0 saturated heterocycles. The van der Waals surface area contributed by atoms with Crippen molar-refractivity contribution in [1.82, 2.24) is 5.32 Å². The number of aliphatic carboxylic acids is 1. The average Bonchev–Trinajstić information content (AvgIpc) is 1.96. The Morgan fingerprint density at radius 1 is 1.58 bits per heavy atom. The third-order valence-corrected chi connectivity index (χ3v) is 1.34. The molecule has 5 nitrogen and oxygen atoms in total. The minimum Gasteiger partial charge on any atom is -0.479 e. The normalized spacial score (nSPS) is 12.2. The quantitative estimate of drug-likeness (QED) is 0.596. The second kappa shape index (κ2) is 5.54. The topological polar surface area (TPSA) is 75.6 Å². The lowest BCUT2D eigenvalue weighted by Crippen LogP contribution is -2.29. The van der Waals surface area contributed by atoms with Crippen LogP contribution in [0.15, 0.2) is 0 Å². The van der Waals surface area contributed by atoms with Gasteiger partial charge in [-0.1, -0.05) is 0 Å². The van der Waals surface area contributed by atoms with Crippen LogP contribution in [-0.2, 0) is 14.3 Å². The lowest BCUT2D eigenvalue weighted by molar-refractivity contribution is -0.148.